The molecule has 0 spiro atoms. The predicted molar refractivity (Wildman–Crippen MR) is 115 cm³/mol. The fourth-order valence-electron chi connectivity index (χ4n) is 3.20. The maximum Gasteiger partial charge on any atom is 0.251 e. The van der Waals surface area contributed by atoms with Gasteiger partial charge in [-0.15, -0.1) is 0 Å². The summed E-state index contributed by atoms with van der Waals surface area (Å²) in [5.41, 5.74) is 2.13. The van der Waals surface area contributed by atoms with Crippen molar-refractivity contribution < 1.29 is 14.3 Å². The fraction of sp³-hybridized carbons (Fsp3) is 0.261. The summed E-state index contributed by atoms with van der Waals surface area (Å²) in [5, 5.41) is 2.87. The van der Waals surface area contributed by atoms with E-state index in [1.54, 1.807) is 24.5 Å². The van der Waals surface area contributed by atoms with Crippen LogP contribution in [0, 0.1) is 0 Å². The highest BCUT2D eigenvalue weighted by molar-refractivity contribution is 5.95. The molecule has 1 amide bonds. The summed E-state index contributed by atoms with van der Waals surface area (Å²) < 4.78 is 11.0. The molecule has 0 radical (unpaired) electrons. The Morgan fingerprint density at radius 1 is 1.07 bits per heavy atom. The van der Waals surface area contributed by atoms with Gasteiger partial charge in [0.2, 0.25) is 0 Å². The number of anilines is 1. The van der Waals surface area contributed by atoms with Gasteiger partial charge in [-0.05, 0) is 36.4 Å². The quantitative estimate of drug-likeness (QED) is 0.611. The van der Waals surface area contributed by atoms with Gasteiger partial charge in [-0.2, -0.15) is 0 Å². The van der Waals surface area contributed by atoms with E-state index in [1.165, 1.54) is 0 Å². The second-order valence-electron chi connectivity index (χ2n) is 6.85. The Bertz CT molecular complexity index is 958. The van der Waals surface area contributed by atoms with E-state index in [0.717, 1.165) is 43.4 Å². The van der Waals surface area contributed by atoms with Gasteiger partial charge < -0.3 is 19.7 Å². The van der Waals surface area contributed by atoms with Gasteiger partial charge in [-0.3, -0.25) is 9.78 Å². The lowest BCUT2D eigenvalue weighted by Gasteiger charge is -2.27. The molecule has 7 heteroatoms. The van der Waals surface area contributed by atoms with Crippen LogP contribution in [-0.4, -0.2) is 55.3 Å². The van der Waals surface area contributed by atoms with Crippen molar-refractivity contribution in [2.45, 2.75) is 0 Å². The zero-order valence-electron chi connectivity index (χ0n) is 16.7. The number of ether oxygens (including phenoxy) is 2. The molecule has 0 unspecified atom stereocenters. The predicted octanol–water partition coefficient (Wildman–Crippen LogP) is 2.79. The lowest BCUT2D eigenvalue weighted by atomic mass is 10.1. The summed E-state index contributed by atoms with van der Waals surface area (Å²) in [4.78, 5) is 23.6. The number of hydrogen-bond acceptors (Lipinski definition) is 6. The zero-order chi connectivity index (χ0) is 20.6. The first-order chi connectivity index (χ1) is 14.8. The minimum atomic E-state index is -0.159. The van der Waals surface area contributed by atoms with Crippen LogP contribution in [0.1, 0.15) is 10.4 Å². The number of para-hydroxylation sites is 1. The molecule has 1 fully saturated rings. The number of pyridine rings is 2. The van der Waals surface area contributed by atoms with Crippen LogP contribution in [0.4, 0.5) is 5.82 Å². The van der Waals surface area contributed by atoms with Crippen LogP contribution in [0.2, 0.25) is 0 Å². The van der Waals surface area contributed by atoms with Crippen LogP contribution in [-0.2, 0) is 4.74 Å². The molecule has 7 nitrogen and oxygen atoms in total. The van der Waals surface area contributed by atoms with Gasteiger partial charge in [-0.25, -0.2) is 4.98 Å². The van der Waals surface area contributed by atoms with E-state index in [1.807, 2.05) is 42.5 Å². The molecule has 1 aliphatic heterocycles. The first kappa shape index (κ1) is 19.8. The summed E-state index contributed by atoms with van der Waals surface area (Å²) in [5.74, 6) is 1.55. The van der Waals surface area contributed by atoms with Crippen molar-refractivity contribution in [2.24, 2.45) is 0 Å². The minimum absolute atomic E-state index is 0.159. The Morgan fingerprint density at radius 3 is 2.67 bits per heavy atom. The van der Waals surface area contributed by atoms with E-state index < -0.39 is 0 Å². The molecule has 1 saturated heterocycles. The number of benzene rings is 1. The Hall–Kier alpha value is -3.45. The SMILES string of the molecule is O=C(NCCOc1ccccc1)c1ccnc(-c2ccc(N3CCOCC3)nc2)c1. The molecule has 1 N–H and O–H groups in total. The van der Waals surface area contributed by atoms with E-state index in [-0.39, 0.29) is 5.91 Å². The van der Waals surface area contributed by atoms with Gasteiger partial charge in [0.25, 0.3) is 5.91 Å². The van der Waals surface area contributed by atoms with E-state index >= 15 is 0 Å². The van der Waals surface area contributed by atoms with Gasteiger partial charge in [-0.1, -0.05) is 18.2 Å². The molecule has 2 aromatic heterocycles. The van der Waals surface area contributed by atoms with Crippen LogP contribution >= 0.6 is 0 Å². The molecule has 154 valence electrons. The molecular formula is C23H24N4O3. The second-order valence-corrected chi connectivity index (χ2v) is 6.85. The third-order valence-corrected chi connectivity index (χ3v) is 4.80. The van der Waals surface area contributed by atoms with Gasteiger partial charge in [0.05, 0.1) is 25.5 Å². The molecule has 0 aliphatic carbocycles. The minimum Gasteiger partial charge on any atom is -0.492 e. The van der Waals surface area contributed by atoms with Crippen molar-refractivity contribution in [3.8, 4) is 17.0 Å². The lowest BCUT2D eigenvalue weighted by Crippen LogP contribution is -2.36. The Kier molecular flexibility index (Phi) is 6.51. The average Bonchev–Trinajstić information content (AvgIpc) is 2.83. The van der Waals surface area contributed by atoms with E-state index in [9.17, 15) is 4.79 Å². The number of carbonyl (C=O) groups excluding carboxylic acids is 1. The molecule has 1 aromatic carbocycles. The van der Waals surface area contributed by atoms with Crippen LogP contribution in [0.15, 0.2) is 67.0 Å². The van der Waals surface area contributed by atoms with E-state index in [2.05, 4.69) is 20.2 Å². The molecule has 30 heavy (non-hydrogen) atoms. The summed E-state index contributed by atoms with van der Waals surface area (Å²) in [6.45, 7) is 3.95. The highest BCUT2D eigenvalue weighted by Crippen LogP contribution is 2.20. The van der Waals surface area contributed by atoms with Crippen LogP contribution in [0.5, 0.6) is 5.75 Å². The number of rotatable bonds is 7. The number of hydrogen-bond donors (Lipinski definition) is 1. The van der Waals surface area contributed by atoms with E-state index in [0.29, 0.717) is 24.4 Å². The average molecular weight is 404 g/mol. The van der Waals surface area contributed by atoms with Gasteiger partial charge in [0.15, 0.2) is 0 Å². The Labute approximate surface area is 175 Å². The van der Waals surface area contributed by atoms with Gasteiger partial charge in [0, 0.05) is 36.6 Å². The molecule has 0 atom stereocenters. The number of nitrogens with zero attached hydrogens (tertiary/aromatic N) is 3. The number of aromatic nitrogens is 2. The first-order valence-corrected chi connectivity index (χ1v) is 10.0. The van der Waals surface area contributed by atoms with E-state index in [4.69, 9.17) is 9.47 Å². The highest BCUT2D eigenvalue weighted by atomic mass is 16.5. The number of carbonyl (C=O) groups is 1. The van der Waals surface area contributed by atoms with Crippen LogP contribution in [0.25, 0.3) is 11.3 Å². The Balaban J connectivity index is 1.34. The van der Waals surface area contributed by atoms with Gasteiger partial charge >= 0.3 is 0 Å². The topological polar surface area (TPSA) is 76.6 Å². The highest BCUT2D eigenvalue weighted by Gasteiger charge is 2.13. The first-order valence-electron chi connectivity index (χ1n) is 10.0. The third-order valence-electron chi connectivity index (χ3n) is 4.80. The number of amides is 1. The standard InChI is InChI=1S/C23H24N4O3/c28-23(25-10-13-30-20-4-2-1-3-5-20)18-8-9-24-21(16-18)19-6-7-22(26-17-19)27-11-14-29-15-12-27/h1-9,16-17H,10-15H2,(H,25,28). The molecule has 0 saturated carbocycles. The van der Waals surface area contributed by atoms with Crippen molar-refractivity contribution in [3.05, 3.63) is 72.6 Å². The number of nitrogens with one attached hydrogen (secondary N) is 1. The van der Waals surface area contributed by atoms with Crippen molar-refractivity contribution in [2.75, 3.05) is 44.4 Å². The molecular weight excluding hydrogens is 380 g/mol. The monoisotopic (exact) mass is 404 g/mol. The van der Waals surface area contributed by atoms with Gasteiger partial charge in [0.1, 0.15) is 18.2 Å². The van der Waals surface area contributed by atoms with Crippen LogP contribution in [0.3, 0.4) is 0 Å². The molecule has 4 rings (SSSR count). The molecule has 1 aliphatic rings. The normalized spacial score (nSPS) is 13.7. The summed E-state index contributed by atoms with van der Waals surface area (Å²) in [7, 11) is 0. The summed E-state index contributed by atoms with van der Waals surface area (Å²) in [6, 6.07) is 17.0. The number of morpholine rings is 1. The van der Waals surface area contributed by atoms with Crippen molar-refractivity contribution in [1.82, 2.24) is 15.3 Å². The molecule has 3 heterocycles. The van der Waals surface area contributed by atoms with Crippen LogP contribution < -0.4 is 15.0 Å². The molecule has 3 aromatic rings. The Morgan fingerprint density at radius 2 is 1.90 bits per heavy atom. The smallest absolute Gasteiger partial charge is 0.251 e. The lowest BCUT2D eigenvalue weighted by molar-refractivity contribution is 0.0947. The maximum atomic E-state index is 12.5. The summed E-state index contributed by atoms with van der Waals surface area (Å²) >= 11 is 0. The molecule has 0 bridgehead atoms. The largest absolute Gasteiger partial charge is 0.492 e. The van der Waals surface area contributed by atoms with Crippen molar-refractivity contribution in [1.29, 1.82) is 0 Å². The fourth-order valence-corrected chi connectivity index (χ4v) is 3.20. The third kappa shape index (κ3) is 5.12. The zero-order valence-corrected chi connectivity index (χ0v) is 16.7. The maximum absolute atomic E-state index is 12.5. The van der Waals surface area contributed by atoms with Crippen molar-refractivity contribution >= 4 is 11.7 Å². The van der Waals surface area contributed by atoms with Crippen molar-refractivity contribution in [3.63, 3.8) is 0 Å². The summed E-state index contributed by atoms with van der Waals surface area (Å²) in [6.07, 6.45) is 3.43. The second kappa shape index (κ2) is 9.84.